The largest absolute Gasteiger partial charge is 0.482 e. The Balaban J connectivity index is 1.51. The molecule has 1 saturated heterocycles. The van der Waals surface area contributed by atoms with Crippen LogP contribution in [0.5, 0.6) is 5.75 Å². The van der Waals surface area contributed by atoms with Crippen molar-refractivity contribution >= 4 is 34.3 Å². The van der Waals surface area contributed by atoms with Crippen molar-refractivity contribution < 1.29 is 18.7 Å². The third kappa shape index (κ3) is 3.71. The molecule has 0 bridgehead atoms. The van der Waals surface area contributed by atoms with Crippen LogP contribution in [0.1, 0.15) is 52.3 Å². The number of furan rings is 1. The number of carbonyl (C=O) groups is 2. The van der Waals surface area contributed by atoms with Crippen LogP contribution >= 0.6 is 11.6 Å². The molecule has 0 spiro atoms. The molecule has 7 heteroatoms. The van der Waals surface area contributed by atoms with Crippen molar-refractivity contribution in [3.05, 3.63) is 63.9 Å². The van der Waals surface area contributed by atoms with Crippen LogP contribution in [0.25, 0.3) is 11.0 Å². The minimum absolute atomic E-state index is 0.0289. The lowest BCUT2D eigenvalue weighted by Crippen LogP contribution is -2.48. The zero-order valence-corrected chi connectivity index (χ0v) is 19.9. The summed E-state index contributed by atoms with van der Waals surface area (Å²) in [5, 5.41) is 1.31. The van der Waals surface area contributed by atoms with E-state index in [2.05, 4.69) is 11.8 Å². The molecule has 5 rings (SSSR count). The van der Waals surface area contributed by atoms with Crippen LogP contribution in [0.15, 0.2) is 40.8 Å². The second kappa shape index (κ2) is 8.19. The summed E-state index contributed by atoms with van der Waals surface area (Å²) in [5.74, 6) is 0.667. The number of piperazine rings is 1. The molecule has 1 atom stereocenters. The zero-order valence-electron chi connectivity index (χ0n) is 19.1. The first-order chi connectivity index (χ1) is 15.8. The number of rotatable bonds is 3. The van der Waals surface area contributed by atoms with Gasteiger partial charge in [0.2, 0.25) is 0 Å². The van der Waals surface area contributed by atoms with Crippen molar-refractivity contribution in [2.45, 2.75) is 32.8 Å². The lowest BCUT2D eigenvalue weighted by Gasteiger charge is -2.35. The summed E-state index contributed by atoms with van der Waals surface area (Å²) in [6, 6.07) is 10.9. The molecule has 1 amide bonds. The molecule has 33 heavy (non-hydrogen) atoms. The fraction of sp³-hybridized carbons (Fsp3) is 0.385. The van der Waals surface area contributed by atoms with E-state index in [0.717, 1.165) is 25.2 Å². The predicted octanol–water partition coefficient (Wildman–Crippen LogP) is 5.05. The minimum atomic E-state index is -0.794. The molecule has 0 unspecified atom stereocenters. The topological polar surface area (TPSA) is 63.0 Å². The molecule has 1 fully saturated rings. The average molecular weight is 467 g/mol. The van der Waals surface area contributed by atoms with Crippen molar-refractivity contribution in [1.29, 1.82) is 0 Å². The quantitative estimate of drug-likeness (QED) is 0.540. The Kier molecular flexibility index (Phi) is 5.46. The molecule has 2 aromatic carbocycles. The number of ether oxygens (including phenoxy) is 1. The van der Waals surface area contributed by atoms with Crippen LogP contribution in [0.3, 0.4) is 0 Å². The Bertz CT molecular complexity index is 1240. The van der Waals surface area contributed by atoms with Crippen LogP contribution in [-0.2, 0) is 5.60 Å². The second-order valence-electron chi connectivity index (χ2n) is 9.03. The Morgan fingerprint density at radius 3 is 2.45 bits per heavy atom. The van der Waals surface area contributed by atoms with Crippen molar-refractivity contribution in [3.63, 3.8) is 0 Å². The van der Waals surface area contributed by atoms with E-state index in [0.29, 0.717) is 51.7 Å². The van der Waals surface area contributed by atoms with Crippen molar-refractivity contribution in [2.75, 3.05) is 32.7 Å². The fourth-order valence-electron chi connectivity index (χ4n) is 4.94. The number of halogens is 1. The maximum Gasteiger partial charge on any atom is 0.289 e. The monoisotopic (exact) mass is 466 g/mol. The summed E-state index contributed by atoms with van der Waals surface area (Å²) in [4.78, 5) is 30.8. The number of ketones is 1. The smallest absolute Gasteiger partial charge is 0.289 e. The molecule has 2 aliphatic heterocycles. The molecule has 3 heterocycles. The number of amides is 1. The lowest BCUT2D eigenvalue weighted by atomic mass is 9.84. The standard InChI is InChI=1S/C26H27ClN2O4/c1-4-28-11-13-29(14-12-28)25(31)24-16(2)22-20(32-24)9-10-21-23(22)19(30)15-26(3,33-21)17-5-7-18(27)8-6-17/h5-10H,4,11-15H2,1-3H3/t26-/m0/s1. The van der Waals surface area contributed by atoms with Crippen molar-refractivity contribution in [2.24, 2.45) is 0 Å². The predicted molar refractivity (Wildman–Crippen MR) is 127 cm³/mol. The molecule has 0 saturated carbocycles. The van der Waals surface area contributed by atoms with Crippen molar-refractivity contribution in [1.82, 2.24) is 9.80 Å². The van der Waals surface area contributed by atoms with Crippen LogP contribution < -0.4 is 4.74 Å². The van der Waals surface area contributed by atoms with E-state index < -0.39 is 5.60 Å². The average Bonchev–Trinajstić information content (AvgIpc) is 3.15. The molecular formula is C26H27ClN2O4. The third-order valence-corrected chi connectivity index (χ3v) is 7.18. The van der Waals surface area contributed by atoms with E-state index in [-0.39, 0.29) is 18.1 Å². The van der Waals surface area contributed by atoms with Gasteiger partial charge in [-0.25, -0.2) is 0 Å². The maximum atomic E-state index is 13.4. The molecule has 0 radical (unpaired) electrons. The first kappa shape index (κ1) is 22.0. The second-order valence-corrected chi connectivity index (χ2v) is 9.47. The van der Waals surface area contributed by atoms with Gasteiger partial charge in [-0.2, -0.15) is 0 Å². The zero-order chi connectivity index (χ0) is 23.3. The number of nitrogens with zero attached hydrogens (tertiary/aromatic N) is 2. The van der Waals surface area contributed by atoms with E-state index in [1.165, 1.54) is 0 Å². The minimum Gasteiger partial charge on any atom is -0.482 e. The summed E-state index contributed by atoms with van der Waals surface area (Å²) in [6.45, 7) is 9.91. The molecular weight excluding hydrogens is 440 g/mol. The highest BCUT2D eigenvalue weighted by atomic mass is 35.5. The number of fused-ring (bicyclic) bond motifs is 3. The Labute approximate surface area is 198 Å². The first-order valence-electron chi connectivity index (χ1n) is 11.4. The van der Waals surface area contributed by atoms with Crippen LogP contribution in [0.2, 0.25) is 5.02 Å². The van der Waals surface area contributed by atoms with E-state index in [1.54, 1.807) is 24.3 Å². The molecule has 0 N–H and O–H groups in total. The van der Waals surface area contributed by atoms with Gasteiger partial charge in [-0.3, -0.25) is 9.59 Å². The van der Waals surface area contributed by atoms with Gasteiger partial charge in [0, 0.05) is 42.2 Å². The van der Waals surface area contributed by atoms with Crippen molar-refractivity contribution in [3.8, 4) is 5.75 Å². The van der Waals surface area contributed by atoms with Gasteiger partial charge in [0.15, 0.2) is 11.5 Å². The number of carbonyl (C=O) groups excluding carboxylic acids is 2. The van der Waals surface area contributed by atoms with Gasteiger partial charge < -0.3 is 19.0 Å². The van der Waals surface area contributed by atoms with Gasteiger partial charge >= 0.3 is 0 Å². The number of aryl methyl sites for hydroxylation is 1. The highest BCUT2D eigenvalue weighted by Gasteiger charge is 2.40. The van der Waals surface area contributed by atoms with E-state index in [9.17, 15) is 9.59 Å². The first-order valence-corrected chi connectivity index (χ1v) is 11.7. The Morgan fingerprint density at radius 2 is 1.79 bits per heavy atom. The number of likely N-dealkylation sites (N-methyl/N-ethyl adjacent to an activating group) is 1. The van der Waals surface area contributed by atoms with Gasteiger partial charge in [0.05, 0.1) is 12.0 Å². The fourth-order valence-corrected chi connectivity index (χ4v) is 5.06. The molecule has 2 aliphatic rings. The van der Waals surface area contributed by atoms with Gasteiger partial charge in [-0.1, -0.05) is 30.7 Å². The number of hydrogen-bond acceptors (Lipinski definition) is 5. The van der Waals surface area contributed by atoms with Gasteiger partial charge in [-0.05, 0) is 50.2 Å². The van der Waals surface area contributed by atoms with E-state index in [1.807, 2.05) is 30.9 Å². The van der Waals surface area contributed by atoms with Crippen LogP contribution in [0.4, 0.5) is 0 Å². The molecule has 6 nitrogen and oxygen atoms in total. The molecule has 3 aromatic rings. The highest BCUT2D eigenvalue weighted by molar-refractivity contribution is 6.30. The van der Waals surface area contributed by atoms with Crippen LogP contribution in [-0.4, -0.2) is 54.2 Å². The number of hydrogen-bond donors (Lipinski definition) is 0. The molecule has 1 aromatic heterocycles. The summed E-state index contributed by atoms with van der Waals surface area (Å²) >= 11 is 6.04. The lowest BCUT2D eigenvalue weighted by molar-refractivity contribution is 0.0507. The Hall–Kier alpha value is -2.83. The molecule has 172 valence electrons. The number of benzene rings is 2. The summed E-state index contributed by atoms with van der Waals surface area (Å²) in [6.07, 6.45) is 0.188. The highest BCUT2D eigenvalue weighted by Crippen LogP contribution is 2.44. The van der Waals surface area contributed by atoms with Gasteiger partial charge in [-0.15, -0.1) is 0 Å². The van der Waals surface area contributed by atoms with Gasteiger partial charge in [0.25, 0.3) is 5.91 Å². The van der Waals surface area contributed by atoms with E-state index in [4.69, 9.17) is 20.8 Å². The Morgan fingerprint density at radius 1 is 1.09 bits per heavy atom. The summed E-state index contributed by atoms with van der Waals surface area (Å²) in [7, 11) is 0. The van der Waals surface area contributed by atoms with E-state index >= 15 is 0 Å². The maximum absolute atomic E-state index is 13.4. The normalized spacial score (nSPS) is 21.2. The van der Waals surface area contributed by atoms with Gasteiger partial charge in [0.1, 0.15) is 16.9 Å². The number of Topliss-reactive ketones (excluding diaryl/α,β-unsaturated/α-hetero) is 1. The van der Waals surface area contributed by atoms with Crippen LogP contribution in [0, 0.1) is 6.92 Å². The third-order valence-electron chi connectivity index (χ3n) is 6.92. The SMILES string of the molecule is CCN1CCN(C(=O)c2oc3ccc4c(c3c2C)C(=O)C[C@@](C)(c2ccc(Cl)cc2)O4)CC1. The summed E-state index contributed by atoms with van der Waals surface area (Å²) in [5.41, 5.74) is 1.81. The summed E-state index contributed by atoms with van der Waals surface area (Å²) < 4.78 is 12.4. The molecule has 0 aliphatic carbocycles.